The highest BCUT2D eigenvalue weighted by Crippen LogP contribution is 2.43. The van der Waals surface area contributed by atoms with E-state index in [1.165, 1.54) is 24.3 Å². The summed E-state index contributed by atoms with van der Waals surface area (Å²) in [6, 6.07) is 13.0. The maximum atomic E-state index is 13.4. The van der Waals surface area contributed by atoms with E-state index >= 15 is 0 Å². The zero-order valence-electron chi connectivity index (χ0n) is 13.3. The molecule has 2 saturated heterocycles. The highest BCUT2D eigenvalue weighted by molar-refractivity contribution is 5.95. The van der Waals surface area contributed by atoms with Crippen LogP contribution in [0.5, 0.6) is 0 Å². The van der Waals surface area contributed by atoms with E-state index in [1.807, 2.05) is 17.0 Å². The van der Waals surface area contributed by atoms with E-state index in [4.69, 9.17) is 0 Å². The van der Waals surface area contributed by atoms with Crippen molar-refractivity contribution in [2.24, 2.45) is 0 Å². The van der Waals surface area contributed by atoms with Crippen LogP contribution in [0.15, 0.2) is 48.5 Å². The van der Waals surface area contributed by atoms with Crippen LogP contribution in [0.1, 0.15) is 47.5 Å². The first-order chi connectivity index (χ1) is 11.6. The first-order valence-corrected chi connectivity index (χ1v) is 8.45. The maximum absolute atomic E-state index is 13.4. The summed E-state index contributed by atoms with van der Waals surface area (Å²) in [5.74, 6) is -0.311. The van der Waals surface area contributed by atoms with Gasteiger partial charge in [0, 0.05) is 17.6 Å². The van der Waals surface area contributed by atoms with Gasteiger partial charge in [-0.3, -0.25) is 4.79 Å². The molecule has 0 N–H and O–H groups in total. The van der Waals surface area contributed by atoms with E-state index < -0.39 is 0 Å². The van der Waals surface area contributed by atoms with Gasteiger partial charge in [0.25, 0.3) is 5.91 Å². The molecule has 0 spiro atoms. The summed E-state index contributed by atoms with van der Waals surface area (Å²) >= 11 is 0. The van der Waals surface area contributed by atoms with Crippen LogP contribution >= 0.6 is 0 Å². The smallest absolute Gasteiger partial charge is 0.254 e. The average molecular weight is 327 g/mol. The summed E-state index contributed by atoms with van der Waals surface area (Å²) in [4.78, 5) is 14.8. The summed E-state index contributed by atoms with van der Waals surface area (Å²) in [6.45, 7) is 0. The van der Waals surface area contributed by atoms with Crippen molar-refractivity contribution < 1.29 is 13.6 Å². The van der Waals surface area contributed by atoms with E-state index in [2.05, 4.69) is 0 Å². The lowest BCUT2D eigenvalue weighted by molar-refractivity contribution is 0.0571. The molecule has 1 amide bonds. The monoisotopic (exact) mass is 327 g/mol. The minimum Gasteiger partial charge on any atom is -0.333 e. The van der Waals surface area contributed by atoms with Crippen LogP contribution in [0, 0.1) is 11.6 Å². The van der Waals surface area contributed by atoms with Gasteiger partial charge in [0.1, 0.15) is 11.6 Å². The number of fused-ring (bicyclic) bond motifs is 2. The number of rotatable bonds is 2. The molecular formula is C20H19F2NO. The summed E-state index contributed by atoms with van der Waals surface area (Å²) in [7, 11) is 0. The van der Waals surface area contributed by atoms with Crippen molar-refractivity contribution in [1.82, 2.24) is 4.90 Å². The molecule has 2 bridgehead atoms. The Bertz CT molecular complexity index is 744. The van der Waals surface area contributed by atoms with E-state index in [0.29, 0.717) is 11.5 Å². The molecule has 0 saturated carbocycles. The summed E-state index contributed by atoms with van der Waals surface area (Å²) < 4.78 is 26.5. The second-order valence-corrected chi connectivity index (χ2v) is 6.83. The number of nitrogens with zero attached hydrogens (tertiary/aromatic N) is 1. The Balaban J connectivity index is 1.55. The van der Waals surface area contributed by atoms with Crippen molar-refractivity contribution >= 4 is 5.91 Å². The Morgan fingerprint density at radius 3 is 2.21 bits per heavy atom. The van der Waals surface area contributed by atoms with Crippen LogP contribution in [0.25, 0.3) is 0 Å². The molecule has 0 aromatic heterocycles. The number of amides is 1. The van der Waals surface area contributed by atoms with E-state index in [0.717, 1.165) is 31.2 Å². The van der Waals surface area contributed by atoms with Crippen molar-refractivity contribution in [2.45, 2.75) is 43.7 Å². The SMILES string of the molecule is O=C(c1cccc(F)c1)N1[C@@H]2CC[C@H]1C[C@@H](c1ccc(F)cc1)C2. The Morgan fingerprint density at radius 2 is 1.58 bits per heavy atom. The minimum absolute atomic E-state index is 0.0699. The lowest BCUT2D eigenvalue weighted by Gasteiger charge is -2.39. The van der Waals surface area contributed by atoms with Gasteiger partial charge in [0.2, 0.25) is 0 Å². The first-order valence-electron chi connectivity index (χ1n) is 8.45. The predicted octanol–water partition coefficient (Wildman–Crippen LogP) is 4.52. The number of piperidine rings is 1. The average Bonchev–Trinajstić information content (AvgIpc) is 2.84. The molecular weight excluding hydrogens is 308 g/mol. The summed E-state index contributed by atoms with van der Waals surface area (Å²) in [5, 5.41) is 0. The normalized spacial score (nSPS) is 25.8. The molecule has 2 fully saturated rings. The molecule has 24 heavy (non-hydrogen) atoms. The van der Waals surface area contributed by atoms with Gasteiger partial charge in [-0.2, -0.15) is 0 Å². The van der Waals surface area contributed by atoms with Crippen molar-refractivity contribution in [3.05, 3.63) is 71.3 Å². The lowest BCUT2D eigenvalue weighted by Crippen LogP contribution is -2.46. The van der Waals surface area contributed by atoms with Crippen molar-refractivity contribution in [3.8, 4) is 0 Å². The van der Waals surface area contributed by atoms with E-state index in [1.54, 1.807) is 12.1 Å². The molecule has 0 radical (unpaired) electrons. The fourth-order valence-electron chi connectivity index (χ4n) is 4.29. The van der Waals surface area contributed by atoms with Crippen LogP contribution < -0.4 is 0 Å². The molecule has 0 aliphatic carbocycles. The van der Waals surface area contributed by atoms with Crippen molar-refractivity contribution in [1.29, 1.82) is 0 Å². The van der Waals surface area contributed by atoms with Gasteiger partial charge >= 0.3 is 0 Å². The molecule has 3 atom stereocenters. The Kier molecular flexibility index (Phi) is 3.83. The molecule has 2 nitrogen and oxygen atoms in total. The fourth-order valence-corrected chi connectivity index (χ4v) is 4.29. The molecule has 2 aromatic carbocycles. The van der Waals surface area contributed by atoms with Gasteiger partial charge in [-0.1, -0.05) is 18.2 Å². The molecule has 2 aromatic rings. The number of carbonyl (C=O) groups is 1. The maximum Gasteiger partial charge on any atom is 0.254 e. The Morgan fingerprint density at radius 1 is 0.917 bits per heavy atom. The molecule has 0 unspecified atom stereocenters. The second kappa shape index (κ2) is 6.00. The number of hydrogen-bond donors (Lipinski definition) is 0. The number of benzene rings is 2. The largest absolute Gasteiger partial charge is 0.333 e. The van der Waals surface area contributed by atoms with Crippen LogP contribution in [0.3, 0.4) is 0 Å². The molecule has 4 heteroatoms. The van der Waals surface area contributed by atoms with Gasteiger partial charge in [-0.25, -0.2) is 8.78 Å². The highest BCUT2D eigenvalue weighted by atomic mass is 19.1. The molecule has 2 aliphatic rings. The van der Waals surface area contributed by atoms with E-state index in [-0.39, 0.29) is 29.6 Å². The molecule has 2 heterocycles. The Labute approximate surface area is 140 Å². The van der Waals surface area contributed by atoms with Gasteiger partial charge < -0.3 is 4.90 Å². The van der Waals surface area contributed by atoms with Crippen LogP contribution in [0.4, 0.5) is 8.78 Å². The third-order valence-electron chi connectivity index (χ3n) is 5.38. The number of hydrogen-bond acceptors (Lipinski definition) is 1. The van der Waals surface area contributed by atoms with Crippen LogP contribution in [0.2, 0.25) is 0 Å². The zero-order chi connectivity index (χ0) is 16.7. The van der Waals surface area contributed by atoms with Crippen molar-refractivity contribution in [2.75, 3.05) is 0 Å². The minimum atomic E-state index is -0.380. The highest BCUT2D eigenvalue weighted by Gasteiger charge is 2.43. The van der Waals surface area contributed by atoms with Gasteiger partial charge in [0.05, 0.1) is 0 Å². The van der Waals surface area contributed by atoms with Crippen molar-refractivity contribution in [3.63, 3.8) is 0 Å². The third kappa shape index (κ3) is 2.70. The molecule has 124 valence electrons. The van der Waals surface area contributed by atoms with Crippen LogP contribution in [-0.4, -0.2) is 22.9 Å². The zero-order valence-corrected chi connectivity index (χ0v) is 13.3. The summed E-state index contributed by atoms with van der Waals surface area (Å²) in [5.41, 5.74) is 1.57. The topological polar surface area (TPSA) is 20.3 Å². The molecule has 2 aliphatic heterocycles. The predicted molar refractivity (Wildman–Crippen MR) is 87.8 cm³/mol. The number of carbonyl (C=O) groups excluding carboxylic acids is 1. The lowest BCUT2D eigenvalue weighted by atomic mass is 9.85. The van der Waals surface area contributed by atoms with Gasteiger partial charge in [-0.05, 0) is 67.5 Å². The van der Waals surface area contributed by atoms with Crippen LogP contribution in [-0.2, 0) is 0 Å². The fraction of sp³-hybridized carbons (Fsp3) is 0.350. The molecule has 4 rings (SSSR count). The standard InChI is InChI=1S/C20H19F2NO/c21-16-6-4-13(5-7-16)15-11-18-8-9-19(12-15)23(18)20(24)14-2-1-3-17(22)10-14/h1-7,10,15,18-19H,8-9,11-12H2/t15-,18+,19-. The summed E-state index contributed by atoms with van der Waals surface area (Å²) in [6.07, 6.45) is 3.76. The van der Waals surface area contributed by atoms with Gasteiger partial charge in [-0.15, -0.1) is 0 Å². The second-order valence-electron chi connectivity index (χ2n) is 6.83. The third-order valence-corrected chi connectivity index (χ3v) is 5.38. The van der Waals surface area contributed by atoms with Gasteiger partial charge in [0.15, 0.2) is 0 Å². The van der Waals surface area contributed by atoms with E-state index in [9.17, 15) is 13.6 Å². The number of halogens is 2. The quantitative estimate of drug-likeness (QED) is 0.794. The first kappa shape index (κ1) is 15.3. The Hall–Kier alpha value is -2.23.